The molecule has 1 saturated carbocycles. The van der Waals surface area contributed by atoms with Gasteiger partial charge in [-0.2, -0.15) is 0 Å². The Morgan fingerprint density at radius 1 is 1.21 bits per heavy atom. The number of nitrogens with one attached hydrogen (secondary N) is 2. The lowest BCUT2D eigenvalue weighted by Gasteiger charge is -2.57. The van der Waals surface area contributed by atoms with Gasteiger partial charge in [-0.05, 0) is 62.0 Å². The molecule has 0 unspecified atom stereocenters. The molecule has 1 aliphatic heterocycles. The maximum absolute atomic E-state index is 12.4. The van der Waals surface area contributed by atoms with Crippen LogP contribution in [0.1, 0.15) is 56.8 Å². The van der Waals surface area contributed by atoms with Gasteiger partial charge in [0.05, 0.1) is 0 Å². The molecule has 2 N–H and O–H groups in total. The molecule has 2 bridgehead atoms. The monoisotopic (exact) mass is 395 g/mol. The number of allylic oxidation sites excluding steroid dienone is 1. The second-order valence-corrected chi connectivity index (χ2v) is 9.61. The van der Waals surface area contributed by atoms with Crippen molar-refractivity contribution >= 4 is 17.5 Å². The van der Waals surface area contributed by atoms with Gasteiger partial charge in [-0.25, -0.2) is 4.79 Å². The zero-order valence-corrected chi connectivity index (χ0v) is 17.8. The molecule has 0 radical (unpaired) electrons. The SMILES string of the molecule is CC(=O)c1cccc(NC(=O)NC2CCN(CC3=CC[C@H]4C[C@@H]3C4(C)C)CC2)c1. The Balaban J connectivity index is 1.23. The van der Waals surface area contributed by atoms with E-state index in [9.17, 15) is 9.59 Å². The summed E-state index contributed by atoms with van der Waals surface area (Å²) in [7, 11) is 0. The van der Waals surface area contributed by atoms with E-state index in [4.69, 9.17) is 0 Å². The number of piperidine rings is 1. The summed E-state index contributed by atoms with van der Waals surface area (Å²) in [5.74, 6) is 1.66. The molecule has 3 aliphatic carbocycles. The third-order valence-corrected chi connectivity index (χ3v) is 7.44. The first-order chi connectivity index (χ1) is 13.8. The van der Waals surface area contributed by atoms with Crippen molar-refractivity contribution in [1.29, 1.82) is 0 Å². The Bertz CT molecular complexity index is 821. The predicted molar refractivity (Wildman–Crippen MR) is 116 cm³/mol. The second kappa shape index (κ2) is 7.94. The molecule has 29 heavy (non-hydrogen) atoms. The quantitative estimate of drug-likeness (QED) is 0.571. The number of benzene rings is 1. The molecule has 5 nitrogen and oxygen atoms in total. The predicted octanol–water partition coefficient (Wildman–Crippen LogP) is 4.47. The van der Waals surface area contributed by atoms with Crippen LogP contribution in [0.3, 0.4) is 0 Å². The number of nitrogens with zero attached hydrogens (tertiary/aromatic N) is 1. The number of urea groups is 1. The lowest BCUT2D eigenvalue weighted by molar-refractivity contribution is -0.0113. The molecule has 5 heteroatoms. The number of carbonyl (C=O) groups excluding carboxylic acids is 2. The number of fused-ring (bicyclic) bond motifs is 1. The minimum absolute atomic E-state index is 0.00433. The number of amides is 2. The lowest BCUT2D eigenvalue weighted by atomic mass is 9.49. The molecule has 1 aromatic carbocycles. The van der Waals surface area contributed by atoms with Gasteiger partial charge in [0.25, 0.3) is 0 Å². The molecule has 1 heterocycles. The molecule has 5 rings (SSSR count). The molecule has 0 aromatic heterocycles. The average Bonchev–Trinajstić information content (AvgIpc) is 2.69. The molecule has 2 fully saturated rings. The summed E-state index contributed by atoms with van der Waals surface area (Å²) >= 11 is 0. The normalized spacial score (nSPS) is 26.2. The maximum Gasteiger partial charge on any atom is 0.319 e. The average molecular weight is 396 g/mol. The van der Waals surface area contributed by atoms with Crippen LogP contribution in [0.4, 0.5) is 10.5 Å². The fraction of sp³-hybridized carbons (Fsp3) is 0.583. The van der Waals surface area contributed by atoms with Crippen molar-refractivity contribution in [3.8, 4) is 0 Å². The number of anilines is 1. The first-order valence-electron chi connectivity index (χ1n) is 10.9. The zero-order chi connectivity index (χ0) is 20.6. The van der Waals surface area contributed by atoms with E-state index in [1.165, 1.54) is 19.8 Å². The Morgan fingerprint density at radius 3 is 2.62 bits per heavy atom. The van der Waals surface area contributed by atoms with Crippen molar-refractivity contribution in [3.63, 3.8) is 0 Å². The van der Waals surface area contributed by atoms with Gasteiger partial charge in [0.15, 0.2) is 5.78 Å². The molecular weight excluding hydrogens is 362 g/mol. The summed E-state index contributed by atoms with van der Waals surface area (Å²) in [6.45, 7) is 9.54. The minimum Gasteiger partial charge on any atom is -0.335 e. The molecule has 2 atom stereocenters. The van der Waals surface area contributed by atoms with Crippen LogP contribution >= 0.6 is 0 Å². The minimum atomic E-state index is -0.193. The van der Waals surface area contributed by atoms with E-state index >= 15 is 0 Å². The van der Waals surface area contributed by atoms with Crippen LogP contribution in [-0.4, -0.2) is 42.4 Å². The number of hydrogen-bond acceptors (Lipinski definition) is 3. The lowest BCUT2D eigenvalue weighted by Crippen LogP contribution is -2.51. The summed E-state index contributed by atoms with van der Waals surface area (Å²) in [4.78, 5) is 26.4. The van der Waals surface area contributed by atoms with Crippen LogP contribution in [0, 0.1) is 17.3 Å². The summed E-state index contributed by atoms with van der Waals surface area (Å²) in [5.41, 5.74) is 3.39. The number of carbonyl (C=O) groups is 2. The molecule has 0 spiro atoms. The highest BCUT2D eigenvalue weighted by Crippen LogP contribution is 2.59. The van der Waals surface area contributed by atoms with Crippen molar-refractivity contribution in [1.82, 2.24) is 10.2 Å². The highest BCUT2D eigenvalue weighted by Gasteiger charge is 2.51. The van der Waals surface area contributed by atoms with Gasteiger partial charge < -0.3 is 10.6 Å². The van der Waals surface area contributed by atoms with Crippen LogP contribution < -0.4 is 10.6 Å². The van der Waals surface area contributed by atoms with Gasteiger partial charge in [-0.3, -0.25) is 9.69 Å². The van der Waals surface area contributed by atoms with Crippen LogP contribution in [0.5, 0.6) is 0 Å². The number of likely N-dealkylation sites (tertiary alicyclic amines) is 1. The van der Waals surface area contributed by atoms with Crippen LogP contribution in [-0.2, 0) is 0 Å². The summed E-state index contributed by atoms with van der Waals surface area (Å²) in [6.07, 6.45) is 7.08. The second-order valence-electron chi connectivity index (χ2n) is 9.61. The highest BCUT2D eigenvalue weighted by atomic mass is 16.2. The van der Waals surface area contributed by atoms with Crippen LogP contribution in [0.15, 0.2) is 35.9 Å². The molecule has 1 saturated heterocycles. The van der Waals surface area contributed by atoms with E-state index in [0.717, 1.165) is 44.3 Å². The van der Waals surface area contributed by atoms with E-state index in [2.05, 4.69) is 35.5 Å². The standard InChI is InChI=1S/C24H33N3O2/c1-16(28)17-5-4-6-21(13-17)26-23(29)25-20-9-11-27(12-10-20)15-18-7-8-19-14-22(18)24(19,2)3/h4-7,13,19-20,22H,8-12,14-15H2,1-3H3,(H2,25,26,29)/t19-,22-/m0/s1. The number of hydrogen-bond donors (Lipinski definition) is 2. The summed E-state index contributed by atoms with van der Waals surface area (Å²) < 4.78 is 0. The van der Waals surface area contributed by atoms with Crippen molar-refractivity contribution in [2.45, 2.75) is 52.5 Å². The van der Waals surface area contributed by atoms with Crippen molar-refractivity contribution < 1.29 is 9.59 Å². The third kappa shape index (κ3) is 4.25. The molecule has 1 aromatic rings. The number of Topliss-reactive ketones (excluding diaryl/α,β-unsaturated/α-hetero) is 1. The van der Waals surface area contributed by atoms with E-state index in [-0.39, 0.29) is 17.9 Å². The summed E-state index contributed by atoms with van der Waals surface area (Å²) in [5, 5.41) is 5.95. The molecule has 156 valence electrons. The van der Waals surface area contributed by atoms with Crippen LogP contribution in [0.2, 0.25) is 0 Å². The molecular formula is C24H33N3O2. The van der Waals surface area contributed by atoms with Gasteiger partial charge in [0, 0.05) is 36.9 Å². The topological polar surface area (TPSA) is 61.4 Å². The van der Waals surface area contributed by atoms with Gasteiger partial charge in [0.2, 0.25) is 0 Å². The Hall–Kier alpha value is -2.14. The zero-order valence-electron chi connectivity index (χ0n) is 17.8. The van der Waals surface area contributed by atoms with E-state index < -0.39 is 0 Å². The van der Waals surface area contributed by atoms with Gasteiger partial charge in [0.1, 0.15) is 0 Å². The first-order valence-corrected chi connectivity index (χ1v) is 10.9. The Labute approximate surface area is 173 Å². The Kier molecular flexibility index (Phi) is 5.52. The Morgan fingerprint density at radius 2 is 1.97 bits per heavy atom. The third-order valence-electron chi connectivity index (χ3n) is 7.44. The largest absolute Gasteiger partial charge is 0.335 e. The number of rotatable bonds is 5. The fourth-order valence-corrected chi connectivity index (χ4v) is 5.32. The van der Waals surface area contributed by atoms with E-state index in [0.29, 0.717) is 16.7 Å². The fourth-order valence-electron chi connectivity index (χ4n) is 5.32. The van der Waals surface area contributed by atoms with Crippen LogP contribution in [0.25, 0.3) is 0 Å². The van der Waals surface area contributed by atoms with Gasteiger partial charge in [-0.15, -0.1) is 0 Å². The first kappa shape index (κ1) is 20.1. The smallest absolute Gasteiger partial charge is 0.319 e. The van der Waals surface area contributed by atoms with E-state index in [1.807, 2.05) is 0 Å². The highest BCUT2D eigenvalue weighted by molar-refractivity contribution is 5.96. The van der Waals surface area contributed by atoms with E-state index in [1.54, 1.807) is 29.8 Å². The van der Waals surface area contributed by atoms with Gasteiger partial charge in [-0.1, -0.05) is 37.6 Å². The summed E-state index contributed by atoms with van der Waals surface area (Å²) in [6, 6.07) is 7.08. The van der Waals surface area contributed by atoms with Crippen molar-refractivity contribution in [3.05, 3.63) is 41.5 Å². The van der Waals surface area contributed by atoms with Gasteiger partial charge >= 0.3 is 6.03 Å². The van der Waals surface area contributed by atoms with Crippen molar-refractivity contribution in [2.75, 3.05) is 25.0 Å². The number of ketones is 1. The molecule has 4 aliphatic rings. The van der Waals surface area contributed by atoms with Crippen molar-refractivity contribution in [2.24, 2.45) is 17.3 Å². The maximum atomic E-state index is 12.4. The molecule has 2 amide bonds.